The Morgan fingerprint density at radius 2 is 1.68 bits per heavy atom. The van der Waals surface area contributed by atoms with Crippen molar-refractivity contribution >= 4 is 15.9 Å². The second-order valence-electron chi connectivity index (χ2n) is 5.22. The first-order chi connectivity index (χ1) is 10.1. The summed E-state index contributed by atoms with van der Waals surface area (Å²) in [6.45, 7) is 1.20. The van der Waals surface area contributed by atoms with Crippen molar-refractivity contribution in [2.45, 2.75) is 6.18 Å². The number of piperazine rings is 1. The fourth-order valence-corrected chi connectivity index (χ4v) is 3.37. The third kappa shape index (κ3) is 3.53. The minimum atomic E-state index is -4.38. The topological polar surface area (TPSA) is 43.9 Å². The maximum absolute atomic E-state index is 12.7. The van der Waals surface area contributed by atoms with Gasteiger partial charge in [-0.25, -0.2) is 0 Å². The molecule has 22 heavy (non-hydrogen) atoms. The molecule has 0 amide bonds. The van der Waals surface area contributed by atoms with Crippen molar-refractivity contribution in [1.29, 1.82) is 0 Å². The quantitative estimate of drug-likeness (QED) is 0.842. The van der Waals surface area contributed by atoms with Gasteiger partial charge in [0.15, 0.2) is 0 Å². The van der Waals surface area contributed by atoms with Crippen LogP contribution in [0.2, 0.25) is 0 Å². The van der Waals surface area contributed by atoms with E-state index in [2.05, 4.69) is 0 Å². The van der Waals surface area contributed by atoms with Crippen LogP contribution in [0.15, 0.2) is 24.3 Å². The van der Waals surface area contributed by atoms with Crippen molar-refractivity contribution in [3.05, 3.63) is 29.8 Å². The molecule has 1 heterocycles. The van der Waals surface area contributed by atoms with Crippen molar-refractivity contribution in [1.82, 2.24) is 8.61 Å². The molecule has 0 aliphatic carbocycles. The predicted octanol–water partition coefficient (Wildman–Crippen LogP) is 1.63. The van der Waals surface area contributed by atoms with Gasteiger partial charge in [-0.3, -0.25) is 0 Å². The molecule has 1 saturated heterocycles. The summed E-state index contributed by atoms with van der Waals surface area (Å²) in [4.78, 5) is 1.76. The van der Waals surface area contributed by atoms with Gasteiger partial charge in [-0.15, -0.1) is 0 Å². The van der Waals surface area contributed by atoms with E-state index in [-0.39, 0.29) is 13.1 Å². The molecule has 124 valence electrons. The van der Waals surface area contributed by atoms with Crippen LogP contribution in [0.3, 0.4) is 0 Å². The van der Waals surface area contributed by atoms with Gasteiger partial charge < -0.3 is 4.90 Å². The molecular weight excluding hydrogens is 319 g/mol. The molecule has 0 N–H and O–H groups in total. The summed E-state index contributed by atoms with van der Waals surface area (Å²) in [5.41, 5.74) is -0.245. The molecule has 1 aliphatic heterocycles. The molecule has 0 unspecified atom stereocenters. The van der Waals surface area contributed by atoms with E-state index >= 15 is 0 Å². The van der Waals surface area contributed by atoms with Gasteiger partial charge in [-0.05, 0) is 18.2 Å². The monoisotopic (exact) mass is 337 g/mol. The number of halogens is 3. The lowest BCUT2D eigenvalue weighted by atomic mass is 10.1. The predicted molar refractivity (Wildman–Crippen MR) is 77.8 cm³/mol. The van der Waals surface area contributed by atoms with Gasteiger partial charge in [0.05, 0.1) is 5.56 Å². The van der Waals surface area contributed by atoms with Gasteiger partial charge in [0, 0.05) is 46.0 Å². The van der Waals surface area contributed by atoms with E-state index in [0.29, 0.717) is 18.8 Å². The average molecular weight is 337 g/mol. The zero-order valence-corrected chi connectivity index (χ0v) is 13.2. The fourth-order valence-electron chi connectivity index (χ4n) is 2.29. The third-order valence-corrected chi connectivity index (χ3v) is 5.51. The van der Waals surface area contributed by atoms with Crippen molar-refractivity contribution in [3.63, 3.8) is 0 Å². The summed E-state index contributed by atoms with van der Waals surface area (Å²) >= 11 is 0. The SMILES string of the molecule is CN(C)S(=O)(=O)N1CCN(c2cccc(C(F)(F)F)c2)CC1. The summed E-state index contributed by atoms with van der Waals surface area (Å²) in [5, 5.41) is 0. The van der Waals surface area contributed by atoms with Crippen LogP contribution in [-0.4, -0.2) is 57.3 Å². The third-order valence-electron chi connectivity index (χ3n) is 3.56. The molecule has 1 fully saturated rings. The molecule has 1 aromatic rings. The maximum Gasteiger partial charge on any atom is 0.416 e. The van der Waals surface area contributed by atoms with Crippen LogP contribution in [0.25, 0.3) is 0 Å². The van der Waals surface area contributed by atoms with Crippen LogP contribution in [-0.2, 0) is 16.4 Å². The Morgan fingerprint density at radius 1 is 1.09 bits per heavy atom. The molecule has 1 aliphatic rings. The second kappa shape index (κ2) is 6.05. The number of rotatable bonds is 3. The number of benzene rings is 1. The van der Waals surface area contributed by atoms with Gasteiger partial charge in [0.1, 0.15) is 0 Å². The highest BCUT2D eigenvalue weighted by Crippen LogP contribution is 2.32. The summed E-state index contributed by atoms with van der Waals surface area (Å²) in [7, 11) is -0.571. The first-order valence-electron chi connectivity index (χ1n) is 6.72. The highest BCUT2D eigenvalue weighted by Gasteiger charge is 2.32. The maximum atomic E-state index is 12.7. The van der Waals surface area contributed by atoms with Crippen LogP contribution < -0.4 is 4.90 Å². The Labute approximate surface area is 128 Å². The molecule has 1 aromatic carbocycles. The minimum Gasteiger partial charge on any atom is -0.369 e. The van der Waals surface area contributed by atoms with E-state index in [1.54, 1.807) is 11.0 Å². The van der Waals surface area contributed by atoms with Gasteiger partial charge in [0.25, 0.3) is 10.2 Å². The summed E-state index contributed by atoms with van der Waals surface area (Å²) in [6.07, 6.45) is -4.38. The van der Waals surface area contributed by atoms with Crippen LogP contribution in [0.1, 0.15) is 5.56 Å². The molecule has 0 radical (unpaired) electrons. The average Bonchev–Trinajstić information content (AvgIpc) is 2.46. The van der Waals surface area contributed by atoms with Crippen molar-refractivity contribution in [2.75, 3.05) is 45.2 Å². The largest absolute Gasteiger partial charge is 0.416 e. The van der Waals surface area contributed by atoms with Crippen molar-refractivity contribution in [3.8, 4) is 0 Å². The number of alkyl halides is 3. The molecule has 0 atom stereocenters. The molecule has 9 heteroatoms. The van der Waals surface area contributed by atoms with Crippen LogP contribution in [0.4, 0.5) is 18.9 Å². The van der Waals surface area contributed by atoms with Gasteiger partial charge in [-0.2, -0.15) is 30.2 Å². The lowest BCUT2D eigenvalue weighted by Gasteiger charge is -2.36. The molecular formula is C13H18F3N3O2S. The highest BCUT2D eigenvalue weighted by atomic mass is 32.2. The first-order valence-corrected chi connectivity index (χ1v) is 8.12. The molecule has 0 bridgehead atoms. The van der Waals surface area contributed by atoms with Crippen LogP contribution in [0, 0.1) is 0 Å². The summed E-state index contributed by atoms with van der Waals surface area (Å²) in [5.74, 6) is 0. The smallest absolute Gasteiger partial charge is 0.369 e. The first kappa shape index (κ1) is 17.0. The van der Waals surface area contributed by atoms with E-state index in [0.717, 1.165) is 16.4 Å². The fraction of sp³-hybridized carbons (Fsp3) is 0.538. The van der Waals surface area contributed by atoms with E-state index in [1.807, 2.05) is 0 Å². The number of anilines is 1. The zero-order chi connectivity index (χ0) is 16.5. The Kier molecular flexibility index (Phi) is 4.69. The molecule has 0 aromatic heterocycles. The lowest BCUT2D eigenvalue weighted by molar-refractivity contribution is -0.137. The Bertz CT molecular complexity index is 624. The highest BCUT2D eigenvalue weighted by molar-refractivity contribution is 7.86. The van der Waals surface area contributed by atoms with E-state index in [1.165, 1.54) is 24.5 Å². The second-order valence-corrected chi connectivity index (χ2v) is 7.37. The van der Waals surface area contributed by atoms with Crippen molar-refractivity contribution < 1.29 is 21.6 Å². The molecule has 0 spiro atoms. The number of nitrogens with zero attached hydrogens (tertiary/aromatic N) is 3. The van der Waals surface area contributed by atoms with Crippen LogP contribution in [0.5, 0.6) is 0 Å². The Hall–Kier alpha value is -1.32. The summed E-state index contributed by atoms with van der Waals surface area (Å²) < 4.78 is 64.7. The number of hydrogen-bond donors (Lipinski definition) is 0. The normalized spacial score (nSPS) is 18.0. The zero-order valence-electron chi connectivity index (χ0n) is 12.3. The van der Waals surface area contributed by atoms with Gasteiger partial charge >= 0.3 is 6.18 Å². The lowest BCUT2D eigenvalue weighted by Crippen LogP contribution is -2.51. The molecule has 5 nitrogen and oxygen atoms in total. The Balaban J connectivity index is 2.10. The standard InChI is InChI=1S/C13H18F3N3O2S/c1-17(2)22(20,21)19-8-6-18(7-9-19)12-5-3-4-11(10-12)13(14,15)16/h3-5,10H,6-9H2,1-2H3. The van der Waals surface area contributed by atoms with E-state index < -0.39 is 21.9 Å². The van der Waals surface area contributed by atoms with Gasteiger partial charge in [0.2, 0.25) is 0 Å². The van der Waals surface area contributed by atoms with E-state index in [9.17, 15) is 21.6 Å². The molecule has 0 saturated carbocycles. The Morgan fingerprint density at radius 3 is 2.18 bits per heavy atom. The van der Waals surface area contributed by atoms with Crippen molar-refractivity contribution in [2.24, 2.45) is 0 Å². The van der Waals surface area contributed by atoms with E-state index in [4.69, 9.17) is 0 Å². The summed E-state index contributed by atoms with van der Waals surface area (Å²) in [6, 6.07) is 5.08. The van der Waals surface area contributed by atoms with Gasteiger partial charge in [-0.1, -0.05) is 6.07 Å². The van der Waals surface area contributed by atoms with Crippen LogP contribution >= 0.6 is 0 Å². The molecule has 2 rings (SSSR count). The number of hydrogen-bond acceptors (Lipinski definition) is 3. The minimum absolute atomic E-state index is 0.247.